The molecule has 0 saturated carbocycles. The first-order chi connectivity index (χ1) is 13.6. The third kappa shape index (κ3) is 5.52. The zero-order valence-electron chi connectivity index (χ0n) is 16.5. The molecule has 2 aromatic heterocycles. The molecule has 0 N–H and O–H groups in total. The maximum atomic E-state index is 11.9. The van der Waals surface area contributed by atoms with Gasteiger partial charge in [0.2, 0.25) is 0 Å². The number of carbonyl (C=O) groups is 1. The highest BCUT2D eigenvalue weighted by Crippen LogP contribution is 2.26. The summed E-state index contributed by atoms with van der Waals surface area (Å²) < 4.78 is 6.11. The molecule has 3 aromatic rings. The van der Waals surface area contributed by atoms with Gasteiger partial charge in [-0.2, -0.15) is 0 Å². The normalized spacial score (nSPS) is 12.2. The van der Waals surface area contributed by atoms with Crippen molar-refractivity contribution >= 4 is 39.3 Å². The second-order valence-corrected chi connectivity index (χ2v) is 8.73. The highest BCUT2D eigenvalue weighted by atomic mass is 32.2. The number of ether oxygens (including phenoxy) is 1. The Morgan fingerprint density at radius 3 is 2.68 bits per heavy atom. The second-order valence-electron chi connectivity index (χ2n) is 6.73. The number of thiazole rings is 1. The molecule has 0 fully saturated rings. The molecule has 1 atom stereocenters. The lowest BCUT2D eigenvalue weighted by molar-refractivity contribution is 0.0526. The average Bonchev–Trinajstić information content (AvgIpc) is 3.13. The fourth-order valence-electron chi connectivity index (χ4n) is 2.89. The summed E-state index contributed by atoms with van der Waals surface area (Å²) in [5, 5.41) is 1.11. The molecule has 0 bridgehead atoms. The first-order valence-electron chi connectivity index (χ1n) is 9.50. The molecule has 5 nitrogen and oxygen atoms in total. The molecule has 0 aliphatic heterocycles. The van der Waals surface area contributed by atoms with E-state index in [0.29, 0.717) is 18.1 Å². The molecule has 1 aromatic carbocycles. The molecule has 2 heterocycles. The van der Waals surface area contributed by atoms with Crippen LogP contribution in [0.3, 0.4) is 0 Å². The number of aryl methyl sites for hydroxylation is 2. The van der Waals surface area contributed by atoms with E-state index in [0.717, 1.165) is 51.6 Å². The van der Waals surface area contributed by atoms with Gasteiger partial charge in [-0.1, -0.05) is 6.92 Å². The van der Waals surface area contributed by atoms with Gasteiger partial charge in [0.05, 0.1) is 27.4 Å². The largest absolute Gasteiger partial charge is 0.462 e. The second kappa shape index (κ2) is 9.98. The van der Waals surface area contributed by atoms with E-state index in [1.807, 2.05) is 37.7 Å². The van der Waals surface area contributed by atoms with E-state index in [9.17, 15) is 4.79 Å². The number of esters is 1. The lowest BCUT2D eigenvalue weighted by Gasteiger charge is -2.09. The molecule has 148 valence electrons. The highest BCUT2D eigenvalue weighted by molar-refractivity contribution is 7.98. The molecule has 0 amide bonds. The molecule has 0 radical (unpaired) electrons. The molecule has 3 rings (SSSR count). The van der Waals surface area contributed by atoms with E-state index >= 15 is 0 Å². The third-order valence-corrected chi connectivity index (χ3v) is 6.33. The number of fused-ring (bicyclic) bond motifs is 1. The monoisotopic (exact) mass is 415 g/mol. The standard InChI is InChI=1S/C21H25N3O2S2/c1-4-26-21(25)15-7-8-17-18(11-15)28-20(24-17)10-6-14(2)5-9-19-22-12-16(27-3)13-23-19/h7-8,11-14H,4-6,9-10H2,1-3H3/t14-/m0/s1. The molecule has 0 aliphatic rings. The molecular weight excluding hydrogens is 390 g/mol. The number of nitrogens with zero attached hydrogens (tertiary/aromatic N) is 3. The molecule has 0 unspecified atom stereocenters. The Kier molecular flexibility index (Phi) is 7.39. The van der Waals surface area contributed by atoms with Crippen molar-refractivity contribution in [2.24, 2.45) is 5.92 Å². The van der Waals surface area contributed by atoms with Gasteiger partial charge in [-0.25, -0.2) is 19.7 Å². The van der Waals surface area contributed by atoms with E-state index in [1.165, 1.54) is 0 Å². The number of benzene rings is 1. The first kappa shape index (κ1) is 20.7. The summed E-state index contributed by atoms with van der Waals surface area (Å²) in [6, 6.07) is 5.57. The number of hydrogen-bond acceptors (Lipinski definition) is 7. The van der Waals surface area contributed by atoms with Crippen LogP contribution in [0.25, 0.3) is 10.2 Å². The zero-order valence-corrected chi connectivity index (χ0v) is 18.1. The summed E-state index contributed by atoms with van der Waals surface area (Å²) in [6.45, 7) is 4.46. The molecule has 28 heavy (non-hydrogen) atoms. The highest BCUT2D eigenvalue weighted by Gasteiger charge is 2.12. The smallest absolute Gasteiger partial charge is 0.338 e. The van der Waals surface area contributed by atoms with Gasteiger partial charge in [0.15, 0.2) is 0 Å². The van der Waals surface area contributed by atoms with Crippen LogP contribution in [0, 0.1) is 5.92 Å². The van der Waals surface area contributed by atoms with Crippen molar-refractivity contribution in [3.63, 3.8) is 0 Å². The van der Waals surface area contributed by atoms with Crippen molar-refractivity contribution in [2.45, 2.75) is 44.4 Å². The van der Waals surface area contributed by atoms with E-state index in [-0.39, 0.29) is 5.97 Å². The van der Waals surface area contributed by atoms with E-state index < -0.39 is 0 Å². The van der Waals surface area contributed by atoms with Crippen LogP contribution in [-0.2, 0) is 17.6 Å². The maximum Gasteiger partial charge on any atom is 0.338 e. The Bertz CT molecular complexity index is 925. The van der Waals surface area contributed by atoms with Gasteiger partial charge >= 0.3 is 5.97 Å². The zero-order chi connectivity index (χ0) is 19.9. The van der Waals surface area contributed by atoms with Crippen molar-refractivity contribution in [2.75, 3.05) is 12.9 Å². The first-order valence-corrected chi connectivity index (χ1v) is 11.5. The fraction of sp³-hybridized carbons (Fsp3) is 0.429. The Balaban J connectivity index is 1.53. The molecule has 0 spiro atoms. The minimum Gasteiger partial charge on any atom is -0.462 e. The van der Waals surface area contributed by atoms with E-state index in [4.69, 9.17) is 9.72 Å². The Hall–Kier alpha value is -1.99. The average molecular weight is 416 g/mol. The fourth-order valence-corrected chi connectivity index (χ4v) is 4.23. The Labute approximate surface area is 174 Å². The van der Waals surface area contributed by atoms with Crippen molar-refractivity contribution in [3.8, 4) is 0 Å². The predicted molar refractivity (Wildman–Crippen MR) is 115 cm³/mol. The lowest BCUT2D eigenvalue weighted by atomic mass is 10.00. The van der Waals surface area contributed by atoms with Crippen LogP contribution in [-0.4, -0.2) is 33.8 Å². The summed E-state index contributed by atoms with van der Waals surface area (Å²) in [5.41, 5.74) is 1.54. The van der Waals surface area contributed by atoms with Gasteiger partial charge in [0.1, 0.15) is 5.82 Å². The van der Waals surface area contributed by atoms with Crippen LogP contribution in [0.1, 0.15) is 47.9 Å². The summed E-state index contributed by atoms with van der Waals surface area (Å²) in [6.07, 6.45) is 9.80. The molecular formula is C21H25N3O2S2. The van der Waals surface area contributed by atoms with Gasteiger partial charge in [0, 0.05) is 23.7 Å². The van der Waals surface area contributed by atoms with Gasteiger partial charge < -0.3 is 4.74 Å². The minimum atomic E-state index is -0.277. The maximum absolute atomic E-state index is 11.9. The summed E-state index contributed by atoms with van der Waals surface area (Å²) in [4.78, 5) is 26.5. The number of rotatable bonds is 9. The number of hydrogen-bond donors (Lipinski definition) is 0. The molecule has 0 aliphatic carbocycles. The number of thioether (sulfide) groups is 1. The van der Waals surface area contributed by atoms with Crippen LogP contribution < -0.4 is 0 Å². The Morgan fingerprint density at radius 2 is 1.96 bits per heavy atom. The van der Waals surface area contributed by atoms with Gasteiger partial charge in [-0.15, -0.1) is 23.1 Å². The summed E-state index contributed by atoms with van der Waals surface area (Å²) in [7, 11) is 0. The summed E-state index contributed by atoms with van der Waals surface area (Å²) in [5.74, 6) is 1.21. The van der Waals surface area contributed by atoms with E-state index in [1.54, 1.807) is 29.2 Å². The minimum absolute atomic E-state index is 0.277. The van der Waals surface area contributed by atoms with Crippen molar-refractivity contribution < 1.29 is 9.53 Å². The van der Waals surface area contributed by atoms with Crippen LogP contribution in [0.15, 0.2) is 35.5 Å². The Morgan fingerprint density at radius 1 is 1.21 bits per heavy atom. The topological polar surface area (TPSA) is 65.0 Å². The predicted octanol–water partition coefficient (Wildman–Crippen LogP) is 5.19. The SMILES string of the molecule is CCOC(=O)c1ccc2nc(CC[C@@H](C)CCc3ncc(SC)cn3)sc2c1. The van der Waals surface area contributed by atoms with Crippen LogP contribution in [0.4, 0.5) is 0 Å². The third-order valence-electron chi connectivity index (χ3n) is 4.57. The molecule has 0 saturated heterocycles. The van der Waals surface area contributed by atoms with Crippen LogP contribution >= 0.6 is 23.1 Å². The van der Waals surface area contributed by atoms with Crippen LogP contribution in [0.2, 0.25) is 0 Å². The van der Waals surface area contributed by atoms with Crippen molar-refractivity contribution in [3.05, 3.63) is 47.0 Å². The van der Waals surface area contributed by atoms with Crippen LogP contribution in [0.5, 0.6) is 0 Å². The number of aromatic nitrogens is 3. The van der Waals surface area contributed by atoms with E-state index in [2.05, 4.69) is 16.9 Å². The quantitative estimate of drug-likeness (QED) is 0.354. The van der Waals surface area contributed by atoms with Gasteiger partial charge in [-0.05, 0) is 56.6 Å². The summed E-state index contributed by atoms with van der Waals surface area (Å²) >= 11 is 3.32. The van der Waals surface area contributed by atoms with Gasteiger partial charge in [-0.3, -0.25) is 0 Å². The number of carbonyl (C=O) groups excluding carboxylic acids is 1. The van der Waals surface area contributed by atoms with Crippen molar-refractivity contribution in [1.82, 2.24) is 15.0 Å². The van der Waals surface area contributed by atoms with Gasteiger partial charge in [0.25, 0.3) is 0 Å². The molecule has 7 heteroatoms. The lowest BCUT2D eigenvalue weighted by Crippen LogP contribution is -2.03. The van der Waals surface area contributed by atoms with Crippen molar-refractivity contribution in [1.29, 1.82) is 0 Å².